The van der Waals surface area contributed by atoms with Crippen molar-refractivity contribution in [1.82, 2.24) is 14.9 Å². The van der Waals surface area contributed by atoms with Crippen LogP contribution in [0.25, 0.3) is 0 Å². The first-order chi connectivity index (χ1) is 11.0. The molecule has 0 saturated heterocycles. The van der Waals surface area contributed by atoms with Gasteiger partial charge in [-0.25, -0.2) is 14.4 Å². The lowest BCUT2D eigenvalue weighted by Gasteiger charge is -2.12. The molecule has 2 rings (SSSR count). The van der Waals surface area contributed by atoms with Crippen LogP contribution in [-0.2, 0) is 6.54 Å². The second-order valence-corrected chi connectivity index (χ2v) is 5.71. The van der Waals surface area contributed by atoms with E-state index in [1.807, 2.05) is 19.1 Å². The van der Waals surface area contributed by atoms with Crippen molar-refractivity contribution in [2.24, 2.45) is 0 Å². The Morgan fingerprint density at radius 2 is 1.78 bits per heavy atom. The Bertz CT molecular complexity index is 630. The molecule has 0 aliphatic carbocycles. The van der Waals surface area contributed by atoms with E-state index in [0.717, 1.165) is 25.3 Å². The van der Waals surface area contributed by atoms with Crippen molar-refractivity contribution in [2.45, 2.75) is 19.9 Å². The molecule has 1 heterocycles. The fourth-order valence-electron chi connectivity index (χ4n) is 2.19. The van der Waals surface area contributed by atoms with Gasteiger partial charge in [-0.2, -0.15) is 0 Å². The van der Waals surface area contributed by atoms with E-state index < -0.39 is 0 Å². The van der Waals surface area contributed by atoms with Gasteiger partial charge in [0.2, 0.25) is 0 Å². The molecule has 5 nitrogen and oxygen atoms in total. The lowest BCUT2D eigenvalue weighted by Crippen LogP contribution is -2.17. The summed E-state index contributed by atoms with van der Waals surface area (Å²) >= 11 is 0. The number of aryl methyl sites for hydroxylation is 1. The summed E-state index contributed by atoms with van der Waals surface area (Å²) in [5.74, 6) is 1.94. The maximum Gasteiger partial charge on any atom is 0.132 e. The maximum absolute atomic E-state index is 13.6. The van der Waals surface area contributed by atoms with Gasteiger partial charge < -0.3 is 15.5 Å². The molecule has 6 heteroatoms. The molecule has 0 aliphatic heterocycles. The van der Waals surface area contributed by atoms with E-state index in [1.165, 1.54) is 6.07 Å². The Morgan fingerprint density at radius 1 is 1.09 bits per heavy atom. The predicted molar refractivity (Wildman–Crippen MR) is 92.2 cm³/mol. The summed E-state index contributed by atoms with van der Waals surface area (Å²) in [6.45, 7) is 4.11. The second-order valence-electron chi connectivity index (χ2n) is 5.71. The molecule has 23 heavy (non-hydrogen) atoms. The minimum atomic E-state index is -0.215. The average Bonchev–Trinajstić information content (AvgIpc) is 2.50. The van der Waals surface area contributed by atoms with Crippen LogP contribution in [0.2, 0.25) is 0 Å². The number of anilines is 2. The van der Waals surface area contributed by atoms with Crippen LogP contribution in [0.1, 0.15) is 17.8 Å². The van der Waals surface area contributed by atoms with Gasteiger partial charge >= 0.3 is 0 Å². The summed E-state index contributed by atoms with van der Waals surface area (Å²) < 4.78 is 13.6. The molecule has 0 saturated carbocycles. The molecule has 1 aromatic heterocycles. The van der Waals surface area contributed by atoms with E-state index >= 15 is 0 Å². The SMILES string of the molecule is Cc1nc(NCCCN(C)C)cc(NCc2ccccc2F)n1. The van der Waals surface area contributed by atoms with Gasteiger partial charge in [-0.05, 0) is 40.1 Å². The normalized spacial score (nSPS) is 10.8. The van der Waals surface area contributed by atoms with E-state index in [1.54, 1.807) is 12.1 Å². The van der Waals surface area contributed by atoms with E-state index in [-0.39, 0.29) is 5.82 Å². The molecule has 0 fully saturated rings. The smallest absolute Gasteiger partial charge is 0.132 e. The standard InChI is InChI=1S/C17H24FN5/c1-13-21-16(19-9-6-10-23(2)3)11-17(22-13)20-12-14-7-4-5-8-15(14)18/h4-5,7-8,11H,6,9-10,12H2,1-3H3,(H2,19,20,21,22). The molecule has 0 radical (unpaired) electrons. The molecule has 2 N–H and O–H groups in total. The summed E-state index contributed by atoms with van der Waals surface area (Å²) in [5, 5.41) is 6.45. The number of aromatic nitrogens is 2. The molecule has 0 aliphatic rings. The number of hydrogen-bond acceptors (Lipinski definition) is 5. The van der Waals surface area contributed by atoms with E-state index in [9.17, 15) is 4.39 Å². The topological polar surface area (TPSA) is 53.1 Å². The van der Waals surface area contributed by atoms with Crippen LogP contribution in [0.3, 0.4) is 0 Å². The molecular formula is C17H24FN5. The lowest BCUT2D eigenvalue weighted by atomic mass is 10.2. The summed E-state index contributed by atoms with van der Waals surface area (Å²) in [7, 11) is 4.11. The van der Waals surface area contributed by atoms with Crippen molar-refractivity contribution in [2.75, 3.05) is 37.8 Å². The van der Waals surface area contributed by atoms with E-state index in [0.29, 0.717) is 23.8 Å². The highest BCUT2D eigenvalue weighted by Crippen LogP contribution is 2.14. The number of nitrogens with one attached hydrogen (secondary N) is 2. The van der Waals surface area contributed by atoms with Crippen LogP contribution in [0.4, 0.5) is 16.0 Å². The third-order valence-electron chi connectivity index (χ3n) is 3.34. The van der Waals surface area contributed by atoms with Gasteiger partial charge in [0, 0.05) is 24.7 Å². The maximum atomic E-state index is 13.6. The van der Waals surface area contributed by atoms with Crippen LogP contribution in [0.5, 0.6) is 0 Å². The Morgan fingerprint density at radius 3 is 2.48 bits per heavy atom. The number of hydrogen-bond donors (Lipinski definition) is 2. The average molecular weight is 317 g/mol. The second kappa shape index (κ2) is 8.43. The predicted octanol–water partition coefficient (Wildman–Crippen LogP) is 2.90. The zero-order chi connectivity index (χ0) is 16.7. The largest absolute Gasteiger partial charge is 0.370 e. The van der Waals surface area contributed by atoms with Gasteiger partial charge in [0.15, 0.2) is 0 Å². The molecule has 0 atom stereocenters. The quantitative estimate of drug-likeness (QED) is 0.733. The molecular weight excluding hydrogens is 293 g/mol. The Hall–Kier alpha value is -2.21. The molecule has 0 bridgehead atoms. The summed E-state index contributed by atoms with van der Waals surface area (Å²) in [6, 6.07) is 8.58. The molecule has 1 aromatic carbocycles. The van der Waals surface area contributed by atoms with Crippen molar-refractivity contribution >= 4 is 11.6 Å². The molecule has 0 amide bonds. The van der Waals surface area contributed by atoms with Crippen LogP contribution in [-0.4, -0.2) is 42.1 Å². The first-order valence-electron chi connectivity index (χ1n) is 7.76. The lowest BCUT2D eigenvalue weighted by molar-refractivity contribution is 0.405. The number of halogens is 1. The van der Waals surface area contributed by atoms with Crippen molar-refractivity contribution < 1.29 is 4.39 Å². The Labute approximate surface area is 137 Å². The first-order valence-corrected chi connectivity index (χ1v) is 7.76. The van der Waals surface area contributed by atoms with Gasteiger partial charge in [-0.15, -0.1) is 0 Å². The minimum Gasteiger partial charge on any atom is -0.370 e. The van der Waals surface area contributed by atoms with Gasteiger partial charge in [0.05, 0.1) is 0 Å². The number of nitrogens with zero attached hydrogens (tertiary/aromatic N) is 3. The zero-order valence-corrected chi connectivity index (χ0v) is 13.9. The monoisotopic (exact) mass is 317 g/mol. The van der Waals surface area contributed by atoms with Crippen molar-refractivity contribution in [3.8, 4) is 0 Å². The van der Waals surface area contributed by atoms with E-state index in [2.05, 4.69) is 39.6 Å². The Balaban J connectivity index is 1.93. The van der Waals surface area contributed by atoms with Crippen molar-refractivity contribution in [3.63, 3.8) is 0 Å². The molecule has 2 aromatic rings. The van der Waals surface area contributed by atoms with Crippen molar-refractivity contribution in [3.05, 3.63) is 47.5 Å². The van der Waals surface area contributed by atoms with Crippen LogP contribution in [0.15, 0.2) is 30.3 Å². The summed E-state index contributed by atoms with van der Waals surface area (Å²) in [4.78, 5) is 10.9. The highest BCUT2D eigenvalue weighted by molar-refractivity contribution is 5.47. The first kappa shape index (κ1) is 17.1. The third-order valence-corrected chi connectivity index (χ3v) is 3.34. The highest BCUT2D eigenvalue weighted by Gasteiger charge is 2.04. The zero-order valence-electron chi connectivity index (χ0n) is 13.9. The highest BCUT2D eigenvalue weighted by atomic mass is 19.1. The molecule has 0 unspecified atom stereocenters. The summed E-state index contributed by atoms with van der Waals surface area (Å²) in [6.07, 6.45) is 1.04. The minimum absolute atomic E-state index is 0.215. The third kappa shape index (κ3) is 5.83. The van der Waals surface area contributed by atoms with Gasteiger partial charge in [-0.3, -0.25) is 0 Å². The van der Waals surface area contributed by atoms with Crippen LogP contribution >= 0.6 is 0 Å². The summed E-state index contributed by atoms with van der Waals surface area (Å²) in [5.41, 5.74) is 0.615. The molecule has 0 spiro atoms. The Kier molecular flexibility index (Phi) is 6.29. The van der Waals surface area contributed by atoms with Gasteiger partial charge in [-0.1, -0.05) is 18.2 Å². The van der Waals surface area contributed by atoms with Crippen LogP contribution < -0.4 is 10.6 Å². The van der Waals surface area contributed by atoms with Gasteiger partial charge in [0.25, 0.3) is 0 Å². The fraction of sp³-hybridized carbons (Fsp3) is 0.412. The number of benzene rings is 1. The van der Waals surface area contributed by atoms with E-state index in [4.69, 9.17) is 0 Å². The fourth-order valence-corrected chi connectivity index (χ4v) is 2.19. The number of rotatable bonds is 8. The van der Waals surface area contributed by atoms with Crippen molar-refractivity contribution in [1.29, 1.82) is 0 Å². The van der Waals surface area contributed by atoms with Gasteiger partial charge in [0.1, 0.15) is 23.3 Å². The molecule has 124 valence electrons. The van der Waals surface area contributed by atoms with Crippen LogP contribution in [0, 0.1) is 12.7 Å².